The molecule has 1 spiro atoms. The van der Waals surface area contributed by atoms with Crippen molar-refractivity contribution in [2.75, 3.05) is 26.0 Å². The first kappa shape index (κ1) is 23.6. The number of hydrogen-bond donors (Lipinski definition) is 2. The van der Waals surface area contributed by atoms with Crippen LogP contribution in [0.5, 0.6) is 5.75 Å². The van der Waals surface area contributed by atoms with E-state index in [4.69, 9.17) is 15.1 Å². The number of likely N-dealkylation sites (tertiary alicyclic amines) is 1. The van der Waals surface area contributed by atoms with Gasteiger partial charge in [-0.3, -0.25) is 4.79 Å². The molecule has 0 radical (unpaired) electrons. The molecule has 0 saturated carbocycles. The predicted octanol–water partition coefficient (Wildman–Crippen LogP) is 3.32. The molecule has 0 unspecified atom stereocenters. The van der Waals surface area contributed by atoms with Crippen LogP contribution in [-0.4, -0.2) is 48.9 Å². The second-order valence-electron chi connectivity index (χ2n) is 9.85. The Morgan fingerprint density at radius 3 is 2.75 bits per heavy atom. The zero-order valence-corrected chi connectivity index (χ0v) is 21.1. The van der Waals surface area contributed by atoms with Gasteiger partial charge in [-0.15, -0.1) is 11.8 Å². The molecule has 8 heteroatoms. The topological polar surface area (TPSA) is 85.0 Å². The minimum absolute atomic E-state index is 0.0450. The van der Waals surface area contributed by atoms with E-state index in [1.807, 2.05) is 59.7 Å². The van der Waals surface area contributed by atoms with Crippen molar-refractivity contribution in [3.05, 3.63) is 76.9 Å². The van der Waals surface area contributed by atoms with Crippen molar-refractivity contribution in [2.45, 2.75) is 36.3 Å². The number of carbonyl (C=O) groups is 1. The molecular formula is C28H29BN2O4S. The molecule has 0 aliphatic carbocycles. The molecule has 6 rings (SSSR count). The van der Waals surface area contributed by atoms with E-state index in [0.29, 0.717) is 38.4 Å². The molecule has 3 aliphatic heterocycles. The Labute approximate surface area is 215 Å². The van der Waals surface area contributed by atoms with Gasteiger partial charge in [0.2, 0.25) is 0 Å². The fourth-order valence-electron chi connectivity index (χ4n) is 5.83. The number of ether oxygens (including phenoxy) is 1. The van der Waals surface area contributed by atoms with E-state index >= 15 is 0 Å². The van der Waals surface area contributed by atoms with Crippen LogP contribution >= 0.6 is 11.8 Å². The lowest BCUT2D eigenvalue weighted by Gasteiger charge is -2.38. The summed E-state index contributed by atoms with van der Waals surface area (Å²) in [6, 6.07) is 18.1. The highest BCUT2D eigenvalue weighted by Crippen LogP contribution is 2.46. The Hall–Kier alpha value is -2.78. The van der Waals surface area contributed by atoms with Crippen molar-refractivity contribution in [3.8, 4) is 16.9 Å². The molecule has 184 valence electrons. The molecule has 0 aromatic heterocycles. The maximum absolute atomic E-state index is 13.6. The number of thioether (sulfide) groups is 1. The van der Waals surface area contributed by atoms with Gasteiger partial charge in [0.25, 0.3) is 5.91 Å². The molecule has 1 fully saturated rings. The number of piperidine rings is 1. The molecule has 1 amide bonds. The van der Waals surface area contributed by atoms with Crippen LogP contribution in [0, 0.1) is 0 Å². The van der Waals surface area contributed by atoms with Crippen LogP contribution in [0.15, 0.2) is 59.5 Å². The molecule has 3 N–H and O–H groups in total. The highest BCUT2D eigenvalue weighted by molar-refractivity contribution is 7.98. The molecule has 0 atom stereocenters. The van der Waals surface area contributed by atoms with Crippen molar-refractivity contribution >= 4 is 30.3 Å². The summed E-state index contributed by atoms with van der Waals surface area (Å²) >= 11 is 1.65. The van der Waals surface area contributed by atoms with Crippen LogP contribution in [0.25, 0.3) is 11.1 Å². The minimum Gasteiger partial charge on any atom is -0.492 e. The highest BCUT2D eigenvalue weighted by atomic mass is 32.2. The summed E-state index contributed by atoms with van der Waals surface area (Å²) in [6.07, 6.45) is 3.78. The number of nitrogens with zero attached hydrogens (tertiary/aromatic N) is 1. The quantitative estimate of drug-likeness (QED) is 0.423. The SMILES string of the molecule is CSc1ccc(C(=O)N2CCC3(CC2)COc2ccc(CN)cc23)cc1-c1cccc2c1COB2O. The summed E-state index contributed by atoms with van der Waals surface area (Å²) in [5.74, 6) is 1.01. The molecular weight excluding hydrogens is 471 g/mol. The summed E-state index contributed by atoms with van der Waals surface area (Å²) < 4.78 is 11.5. The molecule has 36 heavy (non-hydrogen) atoms. The van der Waals surface area contributed by atoms with E-state index in [1.54, 1.807) is 11.8 Å². The minimum atomic E-state index is -0.895. The normalized spacial score (nSPS) is 17.8. The van der Waals surface area contributed by atoms with Gasteiger partial charge in [-0.25, -0.2) is 0 Å². The highest BCUT2D eigenvalue weighted by Gasteiger charge is 2.44. The van der Waals surface area contributed by atoms with Gasteiger partial charge in [-0.05, 0) is 71.1 Å². The van der Waals surface area contributed by atoms with E-state index in [2.05, 4.69) is 6.07 Å². The largest absolute Gasteiger partial charge is 0.492 e. The van der Waals surface area contributed by atoms with Crippen molar-refractivity contribution in [1.29, 1.82) is 0 Å². The summed E-state index contributed by atoms with van der Waals surface area (Å²) in [6.45, 7) is 2.92. The van der Waals surface area contributed by atoms with Crippen LogP contribution in [0.4, 0.5) is 0 Å². The predicted molar refractivity (Wildman–Crippen MR) is 143 cm³/mol. The third-order valence-electron chi connectivity index (χ3n) is 7.96. The Bertz CT molecular complexity index is 1340. The summed E-state index contributed by atoms with van der Waals surface area (Å²) in [7, 11) is -0.895. The monoisotopic (exact) mass is 500 g/mol. The van der Waals surface area contributed by atoms with E-state index in [0.717, 1.165) is 51.2 Å². The lowest BCUT2D eigenvalue weighted by molar-refractivity contribution is 0.0646. The van der Waals surface area contributed by atoms with Crippen LogP contribution in [0.3, 0.4) is 0 Å². The first-order valence-electron chi connectivity index (χ1n) is 12.4. The Balaban J connectivity index is 1.26. The number of rotatable bonds is 4. The van der Waals surface area contributed by atoms with Crippen molar-refractivity contribution in [3.63, 3.8) is 0 Å². The lowest BCUT2D eigenvalue weighted by Crippen LogP contribution is -2.46. The summed E-state index contributed by atoms with van der Waals surface area (Å²) in [5, 5.41) is 10.2. The van der Waals surface area contributed by atoms with E-state index in [9.17, 15) is 9.82 Å². The van der Waals surface area contributed by atoms with Gasteiger partial charge in [0.1, 0.15) is 5.75 Å². The molecule has 3 aliphatic rings. The van der Waals surface area contributed by atoms with E-state index in [-0.39, 0.29) is 11.3 Å². The maximum Gasteiger partial charge on any atom is 0.491 e. The standard InChI is InChI=1S/C28H29BN2O4S/c1-36-26-8-6-19(14-21(26)20-3-2-4-24-22(20)16-35-29(24)33)27(32)31-11-9-28(10-12-31)17-34-25-7-5-18(15-30)13-23(25)28/h2-8,13-14,33H,9-12,15-17,30H2,1H3. The lowest BCUT2D eigenvalue weighted by atomic mass is 9.74. The van der Waals surface area contributed by atoms with E-state index < -0.39 is 7.12 Å². The molecule has 3 aromatic rings. The van der Waals surface area contributed by atoms with Gasteiger partial charge in [-0.1, -0.05) is 30.3 Å². The number of hydrogen-bond acceptors (Lipinski definition) is 6. The van der Waals surface area contributed by atoms with E-state index in [1.165, 1.54) is 5.56 Å². The average molecular weight is 500 g/mol. The van der Waals surface area contributed by atoms with Crippen molar-refractivity contribution < 1.29 is 19.2 Å². The Morgan fingerprint density at radius 2 is 1.97 bits per heavy atom. The number of carbonyl (C=O) groups excluding carboxylic acids is 1. The van der Waals surface area contributed by atoms with Crippen molar-refractivity contribution in [1.82, 2.24) is 4.90 Å². The number of fused-ring (bicyclic) bond motifs is 3. The van der Waals surface area contributed by atoms with Crippen LogP contribution in [0.2, 0.25) is 0 Å². The third-order valence-corrected chi connectivity index (χ3v) is 8.76. The fraction of sp³-hybridized carbons (Fsp3) is 0.321. The zero-order valence-electron chi connectivity index (χ0n) is 20.3. The Morgan fingerprint density at radius 1 is 1.14 bits per heavy atom. The number of amides is 1. The van der Waals surface area contributed by atoms with Gasteiger partial charge in [-0.2, -0.15) is 0 Å². The second-order valence-corrected chi connectivity index (χ2v) is 10.7. The fourth-order valence-corrected chi connectivity index (χ4v) is 6.42. The first-order chi connectivity index (χ1) is 17.5. The van der Waals surface area contributed by atoms with Gasteiger partial charge in [0.15, 0.2) is 0 Å². The Kier molecular flexibility index (Phi) is 6.08. The maximum atomic E-state index is 13.6. The second kappa shape index (κ2) is 9.27. The average Bonchev–Trinajstić information content (AvgIpc) is 3.48. The van der Waals surface area contributed by atoms with Gasteiger partial charge < -0.3 is 25.0 Å². The number of benzene rings is 3. The third kappa shape index (κ3) is 3.84. The molecule has 3 aromatic carbocycles. The zero-order chi connectivity index (χ0) is 24.9. The van der Waals surface area contributed by atoms with Crippen LogP contribution in [0.1, 0.15) is 39.9 Å². The van der Waals surface area contributed by atoms with Gasteiger partial charge in [0, 0.05) is 41.1 Å². The molecule has 3 heterocycles. The molecule has 6 nitrogen and oxygen atoms in total. The van der Waals surface area contributed by atoms with Crippen molar-refractivity contribution in [2.24, 2.45) is 5.73 Å². The van der Waals surface area contributed by atoms with Gasteiger partial charge >= 0.3 is 7.12 Å². The van der Waals surface area contributed by atoms with Crippen LogP contribution < -0.4 is 15.9 Å². The van der Waals surface area contributed by atoms with Gasteiger partial charge in [0.05, 0.1) is 13.2 Å². The smallest absolute Gasteiger partial charge is 0.491 e. The summed E-state index contributed by atoms with van der Waals surface area (Å²) in [5.41, 5.74) is 12.7. The molecule has 0 bridgehead atoms. The first-order valence-corrected chi connectivity index (χ1v) is 13.6. The summed E-state index contributed by atoms with van der Waals surface area (Å²) in [4.78, 5) is 16.7. The van der Waals surface area contributed by atoms with Crippen LogP contribution in [-0.2, 0) is 23.2 Å². The number of nitrogens with two attached hydrogens (primary N) is 1. The molecule has 1 saturated heterocycles.